The minimum Gasteiger partial charge on any atom is -0.405 e. The summed E-state index contributed by atoms with van der Waals surface area (Å²) in [4.78, 5) is 0. The molecule has 114 valence electrons. The average Bonchev–Trinajstić information content (AvgIpc) is 2.44. The molecule has 0 saturated carbocycles. The van der Waals surface area contributed by atoms with Crippen LogP contribution >= 0.6 is 0 Å². The van der Waals surface area contributed by atoms with Crippen molar-refractivity contribution in [1.29, 1.82) is 0 Å². The quantitative estimate of drug-likeness (QED) is 0.420. The Morgan fingerprint density at radius 2 is 1.47 bits per heavy atom. The zero-order chi connectivity index (χ0) is 14.8. The van der Waals surface area contributed by atoms with Crippen molar-refractivity contribution in [3.05, 3.63) is 24.4 Å². The second-order valence-corrected chi connectivity index (χ2v) is 4.65. The predicted octanol–water partition coefficient (Wildman–Crippen LogP) is 3.48. The van der Waals surface area contributed by atoms with Gasteiger partial charge >= 0.3 is 0 Å². The molecule has 0 rings (SSSR count). The van der Waals surface area contributed by atoms with Gasteiger partial charge in [0.15, 0.2) is 0 Å². The Morgan fingerprint density at radius 3 is 1.89 bits per heavy atom. The Labute approximate surface area is 119 Å². The minimum atomic E-state index is -0.448. The zero-order valence-electron chi connectivity index (χ0n) is 12.9. The SMILES string of the molecule is CCCCCC=CC(O)CN.CCCCCC=CN. The molecule has 19 heavy (non-hydrogen) atoms. The maximum absolute atomic E-state index is 9.00. The molecule has 5 N–H and O–H groups in total. The van der Waals surface area contributed by atoms with Crippen LogP contribution in [-0.4, -0.2) is 17.8 Å². The number of nitrogens with two attached hydrogens (primary N) is 2. The van der Waals surface area contributed by atoms with Crippen molar-refractivity contribution in [3.63, 3.8) is 0 Å². The molecule has 0 saturated heterocycles. The molecule has 1 unspecified atom stereocenters. The molecule has 0 aromatic carbocycles. The van der Waals surface area contributed by atoms with Crippen molar-refractivity contribution in [1.82, 2.24) is 0 Å². The first-order valence-electron chi connectivity index (χ1n) is 7.64. The Balaban J connectivity index is 0. The highest BCUT2D eigenvalue weighted by molar-refractivity contribution is 4.88. The van der Waals surface area contributed by atoms with Crippen molar-refractivity contribution in [2.24, 2.45) is 11.5 Å². The summed E-state index contributed by atoms with van der Waals surface area (Å²) in [5, 5.41) is 9.00. The van der Waals surface area contributed by atoms with Crippen molar-refractivity contribution < 1.29 is 5.11 Å². The number of hydrogen-bond donors (Lipinski definition) is 3. The minimum absolute atomic E-state index is 0.324. The summed E-state index contributed by atoms with van der Waals surface area (Å²) in [6, 6.07) is 0. The highest BCUT2D eigenvalue weighted by Crippen LogP contribution is 2.00. The first-order valence-corrected chi connectivity index (χ1v) is 7.64. The van der Waals surface area contributed by atoms with E-state index in [2.05, 4.69) is 13.8 Å². The molecule has 0 aliphatic heterocycles. The molecule has 0 aliphatic carbocycles. The van der Waals surface area contributed by atoms with Crippen LogP contribution in [0.1, 0.15) is 65.2 Å². The molecule has 0 aromatic heterocycles. The highest BCUT2D eigenvalue weighted by atomic mass is 16.3. The summed E-state index contributed by atoms with van der Waals surface area (Å²) in [6.07, 6.45) is 16.8. The van der Waals surface area contributed by atoms with E-state index in [4.69, 9.17) is 16.6 Å². The first kappa shape index (κ1) is 20.5. The van der Waals surface area contributed by atoms with Crippen molar-refractivity contribution in [2.45, 2.75) is 71.3 Å². The first-order chi connectivity index (χ1) is 9.22. The van der Waals surface area contributed by atoms with Crippen LogP contribution in [0.4, 0.5) is 0 Å². The largest absolute Gasteiger partial charge is 0.405 e. The molecule has 0 aliphatic rings. The van der Waals surface area contributed by atoms with Gasteiger partial charge in [-0.1, -0.05) is 57.8 Å². The van der Waals surface area contributed by atoms with E-state index in [0.717, 1.165) is 12.8 Å². The van der Waals surface area contributed by atoms with E-state index in [-0.39, 0.29) is 0 Å². The maximum atomic E-state index is 9.00. The fourth-order valence-corrected chi connectivity index (χ4v) is 1.45. The standard InChI is InChI=1S/C9H19NO.C7H15N/c1-2-3-4-5-6-7-9(11)8-10;1-2-3-4-5-6-7-8/h6-7,9,11H,2-5,8,10H2,1H3;6-7H,2-5,8H2,1H3. The third-order valence-electron chi connectivity index (χ3n) is 2.68. The number of unbranched alkanes of at least 4 members (excludes halogenated alkanes) is 6. The second-order valence-electron chi connectivity index (χ2n) is 4.65. The number of aliphatic hydroxyl groups is 1. The molecular formula is C16H34N2O. The molecular weight excluding hydrogens is 236 g/mol. The molecule has 0 bridgehead atoms. The lowest BCUT2D eigenvalue weighted by molar-refractivity contribution is 0.231. The Hall–Kier alpha value is -0.800. The number of allylic oxidation sites excluding steroid dienone is 2. The van der Waals surface area contributed by atoms with Gasteiger partial charge in [-0.3, -0.25) is 0 Å². The third kappa shape index (κ3) is 22.8. The van der Waals surface area contributed by atoms with Crippen LogP contribution < -0.4 is 11.5 Å². The van der Waals surface area contributed by atoms with Gasteiger partial charge in [0, 0.05) is 6.54 Å². The monoisotopic (exact) mass is 270 g/mol. The van der Waals surface area contributed by atoms with Crippen LogP contribution in [0, 0.1) is 0 Å². The van der Waals surface area contributed by atoms with E-state index < -0.39 is 6.10 Å². The fourth-order valence-electron chi connectivity index (χ4n) is 1.45. The molecule has 0 aromatic rings. The summed E-state index contributed by atoms with van der Waals surface area (Å²) < 4.78 is 0. The van der Waals surface area contributed by atoms with Gasteiger partial charge in [-0.05, 0) is 31.9 Å². The lowest BCUT2D eigenvalue weighted by Gasteiger charge is -1.98. The zero-order valence-corrected chi connectivity index (χ0v) is 12.9. The average molecular weight is 270 g/mol. The Kier molecular flexibility index (Phi) is 21.1. The van der Waals surface area contributed by atoms with Crippen LogP contribution in [0.2, 0.25) is 0 Å². The number of aliphatic hydroxyl groups excluding tert-OH is 1. The normalized spacial score (nSPS) is 12.6. The highest BCUT2D eigenvalue weighted by Gasteiger charge is 1.90. The van der Waals surface area contributed by atoms with Crippen molar-refractivity contribution in [3.8, 4) is 0 Å². The lowest BCUT2D eigenvalue weighted by Crippen LogP contribution is -2.16. The third-order valence-corrected chi connectivity index (χ3v) is 2.68. The smallest absolute Gasteiger partial charge is 0.0843 e. The van der Waals surface area contributed by atoms with Crippen LogP contribution in [0.15, 0.2) is 24.4 Å². The van der Waals surface area contributed by atoms with Gasteiger partial charge in [-0.15, -0.1) is 0 Å². The van der Waals surface area contributed by atoms with Crippen molar-refractivity contribution in [2.75, 3.05) is 6.54 Å². The molecule has 1 atom stereocenters. The molecule has 0 heterocycles. The summed E-state index contributed by atoms with van der Waals surface area (Å²) >= 11 is 0. The molecule has 3 heteroatoms. The van der Waals surface area contributed by atoms with Crippen molar-refractivity contribution >= 4 is 0 Å². The Morgan fingerprint density at radius 1 is 0.947 bits per heavy atom. The van der Waals surface area contributed by atoms with Crippen LogP contribution in [0.25, 0.3) is 0 Å². The van der Waals surface area contributed by atoms with Gasteiger partial charge in [0.2, 0.25) is 0 Å². The molecule has 0 fully saturated rings. The summed E-state index contributed by atoms with van der Waals surface area (Å²) in [7, 11) is 0. The van der Waals surface area contributed by atoms with E-state index in [0.29, 0.717) is 6.54 Å². The van der Waals surface area contributed by atoms with Gasteiger partial charge < -0.3 is 16.6 Å². The van der Waals surface area contributed by atoms with E-state index >= 15 is 0 Å². The van der Waals surface area contributed by atoms with E-state index in [9.17, 15) is 0 Å². The molecule has 0 spiro atoms. The number of hydrogen-bond acceptors (Lipinski definition) is 3. The molecule has 3 nitrogen and oxygen atoms in total. The van der Waals surface area contributed by atoms with Gasteiger partial charge in [-0.25, -0.2) is 0 Å². The van der Waals surface area contributed by atoms with Crippen LogP contribution in [0.5, 0.6) is 0 Å². The topological polar surface area (TPSA) is 72.3 Å². The van der Waals surface area contributed by atoms with Crippen LogP contribution in [-0.2, 0) is 0 Å². The Bertz CT molecular complexity index is 203. The van der Waals surface area contributed by atoms with E-state index in [1.807, 2.05) is 12.2 Å². The van der Waals surface area contributed by atoms with Gasteiger partial charge in [0.1, 0.15) is 0 Å². The predicted molar refractivity (Wildman–Crippen MR) is 85.8 cm³/mol. The molecule has 0 amide bonds. The van der Waals surface area contributed by atoms with Gasteiger partial charge in [0.05, 0.1) is 6.10 Å². The van der Waals surface area contributed by atoms with Gasteiger partial charge in [0.25, 0.3) is 0 Å². The van der Waals surface area contributed by atoms with Gasteiger partial charge in [-0.2, -0.15) is 0 Å². The lowest BCUT2D eigenvalue weighted by atomic mass is 10.2. The molecule has 0 radical (unpaired) electrons. The van der Waals surface area contributed by atoms with Crippen LogP contribution in [0.3, 0.4) is 0 Å². The number of rotatable bonds is 10. The maximum Gasteiger partial charge on any atom is 0.0843 e. The van der Waals surface area contributed by atoms with E-state index in [1.54, 1.807) is 12.3 Å². The second kappa shape index (κ2) is 19.5. The summed E-state index contributed by atoms with van der Waals surface area (Å²) in [5.41, 5.74) is 10.3. The summed E-state index contributed by atoms with van der Waals surface area (Å²) in [5.74, 6) is 0. The fraction of sp³-hybridized carbons (Fsp3) is 0.750. The summed E-state index contributed by atoms with van der Waals surface area (Å²) in [6.45, 7) is 4.70. The van der Waals surface area contributed by atoms with E-state index in [1.165, 1.54) is 38.5 Å².